The van der Waals surface area contributed by atoms with E-state index in [2.05, 4.69) is 149 Å². The van der Waals surface area contributed by atoms with Gasteiger partial charge < -0.3 is 14.9 Å². The predicted octanol–water partition coefficient (Wildman–Crippen LogP) is 9.75. The number of para-hydroxylation sites is 1. The maximum absolute atomic E-state index is 5.30. The SMILES string of the molecule is CN(c1ccccc1)c1c2nc(c(-c3ccccc3)c3ccc(cc4nc(c(-c5ccccc5)c5ccc1[nH]5)C=C4)[nH]3)C=C2.[Zn]. The summed E-state index contributed by atoms with van der Waals surface area (Å²) in [5.74, 6) is 0. The molecular weight excluding hydrogens is 604 g/mol. The number of rotatable bonds is 4. The van der Waals surface area contributed by atoms with E-state index in [-0.39, 0.29) is 19.5 Å². The van der Waals surface area contributed by atoms with Gasteiger partial charge in [-0.2, -0.15) is 0 Å². The van der Waals surface area contributed by atoms with E-state index in [4.69, 9.17) is 9.97 Å². The molecule has 3 aromatic heterocycles. The standard InChI is InChI=1S/C39H29N5.Zn/c1-44(30-15-9-4-10-16-30)39-35-23-21-33(42-35)37(26-11-5-2-6-12-26)31-19-17-28(40-31)25-29-18-20-32(41-29)38(27-13-7-3-8-14-27)34-22-24-36(39)43-34;/h2-25,40,43H,1H3;. The Morgan fingerprint density at radius 2 is 1.04 bits per heavy atom. The average molecular weight is 633 g/mol. The first-order chi connectivity index (χ1) is 21.7. The predicted molar refractivity (Wildman–Crippen MR) is 184 cm³/mol. The molecule has 3 aromatic carbocycles. The minimum absolute atomic E-state index is 0. The van der Waals surface area contributed by atoms with E-state index in [1.807, 2.05) is 18.2 Å². The molecule has 0 radical (unpaired) electrons. The molecule has 212 valence electrons. The van der Waals surface area contributed by atoms with Crippen molar-refractivity contribution in [3.05, 3.63) is 144 Å². The Bertz CT molecular complexity index is 2190. The number of hydrogen-bond donors (Lipinski definition) is 2. The minimum atomic E-state index is 0. The van der Waals surface area contributed by atoms with Crippen LogP contribution in [-0.4, -0.2) is 27.0 Å². The molecule has 8 rings (SSSR count). The molecule has 0 fully saturated rings. The van der Waals surface area contributed by atoms with E-state index in [0.717, 1.165) is 78.5 Å². The van der Waals surface area contributed by atoms with Gasteiger partial charge in [0, 0.05) is 59.9 Å². The Labute approximate surface area is 274 Å². The fraction of sp³-hybridized carbons (Fsp3) is 0.0256. The number of nitrogens with one attached hydrogen (secondary N) is 2. The first-order valence-corrected chi connectivity index (χ1v) is 14.7. The number of fused-ring (bicyclic) bond motifs is 8. The number of benzene rings is 3. The molecule has 45 heavy (non-hydrogen) atoms. The zero-order valence-corrected chi connectivity index (χ0v) is 27.9. The number of H-pyrrole nitrogens is 2. The Balaban J connectivity index is 0.00000325. The zero-order valence-electron chi connectivity index (χ0n) is 24.9. The van der Waals surface area contributed by atoms with Crippen LogP contribution in [-0.2, 0) is 19.5 Å². The van der Waals surface area contributed by atoms with E-state index < -0.39 is 0 Å². The molecule has 0 aliphatic carbocycles. The molecule has 5 heterocycles. The molecule has 2 N–H and O–H groups in total. The first kappa shape index (κ1) is 28.5. The Kier molecular flexibility index (Phi) is 7.58. The Morgan fingerprint density at radius 3 is 1.73 bits per heavy atom. The summed E-state index contributed by atoms with van der Waals surface area (Å²) in [6, 6.07) is 41.9. The van der Waals surface area contributed by atoms with Crippen LogP contribution in [0.25, 0.3) is 68.6 Å². The van der Waals surface area contributed by atoms with Gasteiger partial charge in [0.15, 0.2) is 0 Å². The second-order valence-electron chi connectivity index (χ2n) is 11.0. The van der Waals surface area contributed by atoms with Gasteiger partial charge in [0.05, 0.1) is 34.0 Å². The zero-order chi connectivity index (χ0) is 29.5. The van der Waals surface area contributed by atoms with Crippen LogP contribution in [0.2, 0.25) is 0 Å². The molecule has 2 aliphatic rings. The van der Waals surface area contributed by atoms with E-state index >= 15 is 0 Å². The monoisotopic (exact) mass is 631 g/mol. The van der Waals surface area contributed by atoms with Crippen molar-refractivity contribution in [2.75, 3.05) is 11.9 Å². The molecule has 0 unspecified atom stereocenters. The second-order valence-corrected chi connectivity index (χ2v) is 11.0. The third-order valence-electron chi connectivity index (χ3n) is 8.15. The Morgan fingerprint density at radius 1 is 0.511 bits per heavy atom. The summed E-state index contributed by atoms with van der Waals surface area (Å²) in [7, 11) is 2.10. The van der Waals surface area contributed by atoms with Crippen molar-refractivity contribution in [2.45, 2.75) is 0 Å². The van der Waals surface area contributed by atoms with Crippen LogP contribution in [0.3, 0.4) is 0 Å². The molecule has 8 bridgehead atoms. The fourth-order valence-corrected chi connectivity index (χ4v) is 6.07. The van der Waals surface area contributed by atoms with Crippen molar-refractivity contribution in [1.29, 1.82) is 0 Å². The van der Waals surface area contributed by atoms with Gasteiger partial charge in [-0.25, -0.2) is 9.97 Å². The number of anilines is 2. The summed E-state index contributed by atoms with van der Waals surface area (Å²) in [6.45, 7) is 0. The van der Waals surface area contributed by atoms with Crippen LogP contribution in [0.5, 0.6) is 0 Å². The smallest absolute Gasteiger partial charge is 0.0908 e. The van der Waals surface area contributed by atoms with Gasteiger partial charge in [0.25, 0.3) is 0 Å². The summed E-state index contributed by atoms with van der Waals surface area (Å²) < 4.78 is 0. The minimum Gasteiger partial charge on any atom is -0.355 e. The van der Waals surface area contributed by atoms with Crippen LogP contribution >= 0.6 is 0 Å². The average Bonchev–Trinajstić information content (AvgIpc) is 3.90. The van der Waals surface area contributed by atoms with E-state index in [9.17, 15) is 0 Å². The quantitative estimate of drug-likeness (QED) is 0.190. The van der Waals surface area contributed by atoms with E-state index in [0.29, 0.717) is 0 Å². The summed E-state index contributed by atoms with van der Waals surface area (Å²) >= 11 is 0. The summed E-state index contributed by atoms with van der Waals surface area (Å²) in [4.78, 5) is 20.0. The third kappa shape index (κ3) is 5.35. The summed E-state index contributed by atoms with van der Waals surface area (Å²) in [5, 5.41) is 0. The van der Waals surface area contributed by atoms with E-state index in [1.54, 1.807) is 0 Å². The van der Waals surface area contributed by atoms with E-state index in [1.165, 1.54) is 0 Å². The first-order valence-electron chi connectivity index (χ1n) is 14.7. The number of nitrogens with zero attached hydrogens (tertiary/aromatic N) is 3. The molecule has 6 heteroatoms. The van der Waals surface area contributed by atoms with Crippen LogP contribution in [0.15, 0.2) is 121 Å². The van der Waals surface area contributed by atoms with Crippen LogP contribution in [0.4, 0.5) is 11.4 Å². The molecule has 2 aliphatic heterocycles. The Hall–Kier alpha value is -5.32. The topological polar surface area (TPSA) is 60.6 Å². The number of aromatic amines is 2. The van der Waals surface area contributed by atoms with Gasteiger partial charge in [-0.15, -0.1) is 0 Å². The van der Waals surface area contributed by atoms with Crippen LogP contribution in [0.1, 0.15) is 22.8 Å². The molecule has 0 atom stereocenters. The molecule has 0 saturated carbocycles. The molecule has 6 aromatic rings. The van der Waals surface area contributed by atoms with Gasteiger partial charge in [-0.1, -0.05) is 78.9 Å². The van der Waals surface area contributed by atoms with Gasteiger partial charge in [0.1, 0.15) is 0 Å². The van der Waals surface area contributed by atoms with Gasteiger partial charge in [-0.05, 0) is 77.9 Å². The summed E-state index contributed by atoms with van der Waals surface area (Å²) in [6.07, 6.45) is 8.42. The third-order valence-corrected chi connectivity index (χ3v) is 8.15. The maximum atomic E-state index is 5.30. The molecule has 0 saturated heterocycles. The van der Waals surface area contributed by atoms with Gasteiger partial charge >= 0.3 is 0 Å². The molecule has 0 spiro atoms. The van der Waals surface area contributed by atoms with Crippen molar-refractivity contribution in [3.8, 4) is 22.3 Å². The van der Waals surface area contributed by atoms with Gasteiger partial charge in [-0.3, -0.25) is 0 Å². The van der Waals surface area contributed by atoms with Crippen LogP contribution in [0, 0.1) is 0 Å². The largest absolute Gasteiger partial charge is 0.355 e. The van der Waals surface area contributed by atoms with Crippen molar-refractivity contribution < 1.29 is 19.5 Å². The number of hydrogen-bond acceptors (Lipinski definition) is 3. The maximum Gasteiger partial charge on any atom is 0.0908 e. The molecule has 5 nitrogen and oxygen atoms in total. The fourth-order valence-electron chi connectivity index (χ4n) is 6.07. The second kappa shape index (κ2) is 12.0. The molecular formula is C39H29N5Zn. The summed E-state index contributed by atoms with van der Waals surface area (Å²) in [5.41, 5.74) is 13.9. The molecule has 0 amide bonds. The number of aromatic nitrogens is 4. The van der Waals surface area contributed by atoms with Gasteiger partial charge in [0.2, 0.25) is 0 Å². The van der Waals surface area contributed by atoms with Crippen molar-refractivity contribution in [3.63, 3.8) is 0 Å². The normalized spacial score (nSPS) is 11.8. The van der Waals surface area contributed by atoms with Crippen molar-refractivity contribution >= 4 is 57.7 Å². The van der Waals surface area contributed by atoms with Crippen LogP contribution < -0.4 is 4.90 Å². The van der Waals surface area contributed by atoms with Crippen molar-refractivity contribution in [1.82, 2.24) is 19.9 Å². The van der Waals surface area contributed by atoms with Crippen molar-refractivity contribution in [2.24, 2.45) is 0 Å².